The highest BCUT2D eigenvalue weighted by Crippen LogP contribution is 2.13. The minimum absolute atomic E-state index is 0.197. The van der Waals surface area contributed by atoms with E-state index in [1.54, 1.807) is 14.0 Å². The number of aryl methyl sites for hydroxylation is 1. The Kier molecular flexibility index (Phi) is 4.09. The quantitative estimate of drug-likeness (QED) is 0.647. The van der Waals surface area contributed by atoms with E-state index in [4.69, 9.17) is 4.74 Å². The molecule has 2 rings (SSSR count). The molecule has 0 amide bonds. The number of rotatable bonds is 4. The molecule has 104 valence electrons. The Labute approximate surface area is 115 Å². The number of ether oxygens (including phenoxy) is 1. The molecular weight excluding hydrogens is 258 g/mol. The number of nitrogens with zero attached hydrogens (tertiary/aromatic N) is 3. The second-order valence-corrected chi connectivity index (χ2v) is 4.13. The fourth-order valence-electron chi connectivity index (χ4n) is 1.49. The fraction of sp³-hybridized carbons (Fsp3) is 0.231. The Hall–Kier alpha value is -2.70. The predicted molar refractivity (Wildman–Crippen MR) is 76.2 cm³/mol. The molecule has 0 bridgehead atoms. The van der Waals surface area contributed by atoms with Crippen molar-refractivity contribution < 1.29 is 4.74 Å². The summed E-state index contributed by atoms with van der Waals surface area (Å²) in [7, 11) is 1.61. The van der Waals surface area contributed by atoms with Crippen LogP contribution in [0.3, 0.4) is 0 Å². The Morgan fingerprint density at radius 1 is 1.40 bits per heavy atom. The molecule has 0 saturated heterocycles. The second-order valence-electron chi connectivity index (χ2n) is 4.13. The van der Waals surface area contributed by atoms with Gasteiger partial charge in [-0.2, -0.15) is 5.10 Å². The van der Waals surface area contributed by atoms with E-state index in [-0.39, 0.29) is 11.5 Å². The summed E-state index contributed by atoms with van der Waals surface area (Å²) in [5, 5.41) is 11.7. The molecule has 1 aromatic carbocycles. The summed E-state index contributed by atoms with van der Waals surface area (Å²) in [6.07, 6.45) is 0. The van der Waals surface area contributed by atoms with Crippen molar-refractivity contribution in [3.05, 3.63) is 45.9 Å². The van der Waals surface area contributed by atoms with Crippen LogP contribution in [0.25, 0.3) is 0 Å². The molecule has 0 spiro atoms. The lowest BCUT2D eigenvalue weighted by Gasteiger charge is -2.04. The molecule has 0 fully saturated rings. The van der Waals surface area contributed by atoms with Gasteiger partial charge in [-0.3, -0.25) is 9.78 Å². The van der Waals surface area contributed by atoms with Crippen molar-refractivity contribution in [1.29, 1.82) is 0 Å². The lowest BCUT2D eigenvalue weighted by atomic mass is 10.1. The second kappa shape index (κ2) is 5.96. The number of anilines is 1. The first-order chi connectivity index (χ1) is 9.60. The Morgan fingerprint density at radius 2 is 2.20 bits per heavy atom. The van der Waals surface area contributed by atoms with E-state index in [1.807, 2.05) is 31.2 Å². The molecule has 0 aliphatic carbocycles. The van der Waals surface area contributed by atoms with Crippen molar-refractivity contribution >= 4 is 11.7 Å². The molecule has 0 radical (unpaired) electrons. The summed E-state index contributed by atoms with van der Waals surface area (Å²) >= 11 is 0. The zero-order valence-corrected chi connectivity index (χ0v) is 11.5. The number of H-pyrrole nitrogens is 1. The number of benzene rings is 1. The topological polar surface area (TPSA) is 92.3 Å². The molecule has 0 aliphatic rings. The average Bonchev–Trinajstić information content (AvgIpc) is 2.48. The van der Waals surface area contributed by atoms with Crippen LogP contribution >= 0.6 is 0 Å². The molecule has 0 unspecified atom stereocenters. The number of aromatic amines is 1. The van der Waals surface area contributed by atoms with Crippen molar-refractivity contribution in [1.82, 2.24) is 15.2 Å². The molecule has 0 atom stereocenters. The van der Waals surface area contributed by atoms with Crippen LogP contribution in [0.2, 0.25) is 0 Å². The van der Waals surface area contributed by atoms with Crippen LogP contribution < -0.4 is 15.7 Å². The molecule has 2 N–H and O–H groups in total. The van der Waals surface area contributed by atoms with E-state index in [0.717, 1.165) is 17.0 Å². The zero-order valence-electron chi connectivity index (χ0n) is 11.5. The van der Waals surface area contributed by atoms with Gasteiger partial charge in [-0.25, -0.2) is 5.43 Å². The SMILES string of the molecule is COc1cccc(/C(C)=N/Nc2nnc(C)c(=O)[nH]2)c1. The van der Waals surface area contributed by atoms with Gasteiger partial charge in [0.2, 0.25) is 5.95 Å². The van der Waals surface area contributed by atoms with E-state index in [1.165, 1.54) is 0 Å². The molecule has 20 heavy (non-hydrogen) atoms. The van der Waals surface area contributed by atoms with E-state index >= 15 is 0 Å². The highest BCUT2D eigenvalue weighted by atomic mass is 16.5. The van der Waals surface area contributed by atoms with Gasteiger partial charge in [0.15, 0.2) is 0 Å². The highest BCUT2D eigenvalue weighted by molar-refractivity contribution is 5.99. The molecule has 0 saturated carbocycles. The number of methoxy groups -OCH3 is 1. The van der Waals surface area contributed by atoms with Gasteiger partial charge >= 0.3 is 0 Å². The van der Waals surface area contributed by atoms with Crippen molar-refractivity contribution in [2.45, 2.75) is 13.8 Å². The van der Waals surface area contributed by atoms with Gasteiger partial charge in [0.25, 0.3) is 5.56 Å². The number of hydrogen-bond acceptors (Lipinski definition) is 6. The third-order valence-electron chi connectivity index (χ3n) is 2.68. The minimum Gasteiger partial charge on any atom is -0.497 e. The van der Waals surface area contributed by atoms with Gasteiger partial charge in [0.05, 0.1) is 12.8 Å². The van der Waals surface area contributed by atoms with Gasteiger partial charge in [-0.15, -0.1) is 10.2 Å². The fourth-order valence-corrected chi connectivity index (χ4v) is 1.49. The van der Waals surface area contributed by atoms with Crippen molar-refractivity contribution in [3.63, 3.8) is 0 Å². The maximum Gasteiger partial charge on any atom is 0.274 e. The summed E-state index contributed by atoms with van der Waals surface area (Å²) in [4.78, 5) is 13.9. The zero-order chi connectivity index (χ0) is 14.5. The lowest BCUT2D eigenvalue weighted by Crippen LogP contribution is -2.16. The summed E-state index contributed by atoms with van der Waals surface area (Å²) < 4.78 is 5.15. The maximum absolute atomic E-state index is 11.4. The van der Waals surface area contributed by atoms with E-state index in [2.05, 4.69) is 25.7 Å². The normalized spacial score (nSPS) is 11.2. The molecular formula is C13H15N5O2. The van der Waals surface area contributed by atoms with Gasteiger partial charge in [-0.05, 0) is 26.0 Å². The number of hydrazone groups is 1. The van der Waals surface area contributed by atoms with E-state index in [0.29, 0.717) is 5.69 Å². The Morgan fingerprint density at radius 3 is 2.90 bits per heavy atom. The van der Waals surface area contributed by atoms with Gasteiger partial charge in [-0.1, -0.05) is 12.1 Å². The first kappa shape index (κ1) is 13.7. The van der Waals surface area contributed by atoms with Crippen LogP contribution in [-0.2, 0) is 0 Å². The summed E-state index contributed by atoms with van der Waals surface area (Å²) in [6.45, 7) is 3.42. The Bertz CT molecular complexity index is 693. The lowest BCUT2D eigenvalue weighted by molar-refractivity contribution is 0.414. The first-order valence-electron chi connectivity index (χ1n) is 5.98. The van der Waals surface area contributed by atoms with Crippen LogP contribution in [0.15, 0.2) is 34.2 Å². The van der Waals surface area contributed by atoms with Crippen molar-refractivity contribution in [2.24, 2.45) is 5.10 Å². The molecule has 1 aromatic heterocycles. The number of hydrogen-bond donors (Lipinski definition) is 2. The van der Waals surface area contributed by atoms with Crippen LogP contribution in [0.5, 0.6) is 5.75 Å². The summed E-state index contributed by atoms with van der Waals surface area (Å²) in [6, 6.07) is 7.50. The molecule has 1 heterocycles. The molecule has 0 aliphatic heterocycles. The van der Waals surface area contributed by atoms with Crippen LogP contribution in [0.4, 0.5) is 5.95 Å². The standard InChI is InChI=1S/C13H15N5O2/c1-8(10-5-4-6-11(7-10)20-3)15-17-13-14-12(19)9(2)16-18-13/h4-7H,1-3H3,(H2,14,17,18,19)/b15-8+. The first-order valence-corrected chi connectivity index (χ1v) is 5.98. The Balaban J connectivity index is 2.17. The van der Waals surface area contributed by atoms with Gasteiger partial charge < -0.3 is 4.74 Å². The monoisotopic (exact) mass is 273 g/mol. The predicted octanol–water partition coefficient (Wildman–Crippen LogP) is 1.32. The minimum atomic E-state index is -0.295. The summed E-state index contributed by atoms with van der Waals surface area (Å²) in [5.41, 5.74) is 4.31. The number of aromatic nitrogens is 3. The van der Waals surface area contributed by atoms with E-state index in [9.17, 15) is 4.79 Å². The maximum atomic E-state index is 11.4. The van der Waals surface area contributed by atoms with Crippen LogP contribution in [0, 0.1) is 6.92 Å². The van der Waals surface area contributed by atoms with Crippen molar-refractivity contribution in [3.8, 4) is 5.75 Å². The largest absolute Gasteiger partial charge is 0.497 e. The van der Waals surface area contributed by atoms with Crippen LogP contribution in [-0.4, -0.2) is 28.0 Å². The van der Waals surface area contributed by atoms with Crippen molar-refractivity contribution in [2.75, 3.05) is 12.5 Å². The number of nitrogens with one attached hydrogen (secondary N) is 2. The highest BCUT2D eigenvalue weighted by Gasteiger charge is 2.01. The third kappa shape index (κ3) is 3.19. The van der Waals surface area contributed by atoms with Gasteiger partial charge in [0, 0.05) is 5.56 Å². The van der Waals surface area contributed by atoms with Crippen LogP contribution in [0.1, 0.15) is 18.2 Å². The van der Waals surface area contributed by atoms with E-state index < -0.39 is 0 Å². The smallest absolute Gasteiger partial charge is 0.274 e. The molecule has 2 aromatic rings. The average molecular weight is 273 g/mol. The third-order valence-corrected chi connectivity index (χ3v) is 2.68. The molecule has 7 nitrogen and oxygen atoms in total. The summed E-state index contributed by atoms with van der Waals surface area (Å²) in [5.74, 6) is 0.948. The van der Waals surface area contributed by atoms with Gasteiger partial charge in [0.1, 0.15) is 11.4 Å². The molecule has 7 heteroatoms.